The SMILES string of the molecule is CC.Clc1ncnc2cnc(Br)cc12. The molecule has 14 heavy (non-hydrogen) atoms. The Bertz CT molecular complexity index is 433. The van der Waals surface area contributed by atoms with Crippen LogP contribution in [0.1, 0.15) is 13.8 Å². The van der Waals surface area contributed by atoms with Crippen LogP contribution in [0.2, 0.25) is 5.15 Å². The van der Waals surface area contributed by atoms with E-state index in [4.69, 9.17) is 11.6 Å². The first-order valence-corrected chi connectivity index (χ1v) is 5.36. The van der Waals surface area contributed by atoms with Gasteiger partial charge in [-0.25, -0.2) is 15.0 Å². The topological polar surface area (TPSA) is 38.7 Å². The highest BCUT2D eigenvalue weighted by Gasteiger charge is 2.01. The van der Waals surface area contributed by atoms with Gasteiger partial charge in [0.05, 0.1) is 11.7 Å². The molecule has 0 unspecified atom stereocenters. The number of nitrogens with zero attached hydrogens (tertiary/aromatic N) is 3. The molecule has 5 heteroatoms. The second-order valence-corrected chi connectivity index (χ2v) is 3.36. The third-order valence-corrected chi connectivity index (χ3v) is 2.17. The summed E-state index contributed by atoms with van der Waals surface area (Å²) in [5, 5.41) is 1.25. The van der Waals surface area contributed by atoms with Crippen LogP contribution in [0.15, 0.2) is 23.2 Å². The molecule has 0 N–H and O–H groups in total. The molecule has 2 rings (SSSR count). The standard InChI is InChI=1S/C7H3BrClN3.C2H6/c8-6-1-4-5(2-10-6)11-3-12-7(4)9;1-2/h1-3H;1-2H3. The number of halogens is 2. The van der Waals surface area contributed by atoms with Crippen LogP contribution in [0, 0.1) is 0 Å². The summed E-state index contributed by atoms with van der Waals surface area (Å²) >= 11 is 9.07. The van der Waals surface area contributed by atoms with E-state index in [0.717, 1.165) is 15.5 Å². The van der Waals surface area contributed by atoms with E-state index >= 15 is 0 Å². The third-order valence-electron chi connectivity index (χ3n) is 1.44. The second kappa shape index (κ2) is 5.22. The van der Waals surface area contributed by atoms with Gasteiger partial charge >= 0.3 is 0 Å². The van der Waals surface area contributed by atoms with Gasteiger partial charge in [-0.15, -0.1) is 0 Å². The zero-order chi connectivity index (χ0) is 10.6. The van der Waals surface area contributed by atoms with E-state index in [1.54, 1.807) is 12.3 Å². The Morgan fingerprint density at radius 3 is 2.64 bits per heavy atom. The molecule has 74 valence electrons. The average molecular weight is 275 g/mol. The lowest BCUT2D eigenvalue weighted by molar-refractivity contribution is 1.19. The van der Waals surface area contributed by atoms with Gasteiger partial charge in [-0.2, -0.15) is 0 Å². The minimum atomic E-state index is 0.447. The fraction of sp³-hybridized carbons (Fsp3) is 0.222. The normalized spacial score (nSPS) is 9.43. The molecule has 0 fully saturated rings. The average Bonchev–Trinajstić information content (AvgIpc) is 2.22. The van der Waals surface area contributed by atoms with Crippen molar-refractivity contribution >= 4 is 38.4 Å². The molecule has 0 aliphatic heterocycles. The molecule has 2 aromatic heterocycles. The number of aromatic nitrogens is 3. The number of fused-ring (bicyclic) bond motifs is 1. The van der Waals surface area contributed by atoms with Crippen LogP contribution < -0.4 is 0 Å². The molecule has 2 aromatic rings. The van der Waals surface area contributed by atoms with Gasteiger partial charge < -0.3 is 0 Å². The molecule has 0 aliphatic rings. The summed E-state index contributed by atoms with van der Waals surface area (Å²) in [5.41, 5.74) is 0.748. The smallest absolute Gasteiger partial charge is 0.140 e. The summed E-state index contributed by atoms with van der Waals surface area (Å²) in [5.74, 6) is 0. The van der Waals surface area contributed by atoms with E-state index in [1.807, 2.05) is 13.8 Å². The number of pyridine rings is 1. The number of rotatable bonds is 0. The maximum absolute atomic E-state index is 5.83. The lowest BCUT2D eigenvalue weighted by Crippen LogP contribution is -1.85. The lowest BCUT2D eigenvalue weighted by Gasteiger charge is -1.97. The molecule has 0 saturated heterocycles. The van der Waals surface area contributed by atoms with Crippen molar-refractivity contribution in [1.29, 1.82) is 0 Å². The molecule has 3 nitrogen and oxygen atoms in total. The predicted molar refractivity (Wildman–Crippen MR) is 61.4 cm³/mol. The van der Waals surface area contributed by atoms with E-state index < -0.39 is 0 Å². The summed E-state index contributed by atoms with van der Waals surface area (Å²) in [6.07, 6.45) is 3.06. The molecule has 0 spiro atoms. The Balaban J connectivity index is 0.000000461. The van der Waals surface area contributed by atoms with Gasteiger partial charge in [-0.05, 0) is 22.0 Å². The lowest BCUT2D eigenvalue weighted by atomic mass is 10.3. The van der Waals surface area contributed by atoms with Crippen molar-refractivity contribution in [3.05, 3.63) is 28.3 Å². The van der Waals surface area contributed by atoms with Gasteiger partial charge in [0.2, 0.25) is 0 Å². The molecule has 0 amide bonds. The van der Waals surface area contributed by atoms with Crippen LogP contribution in [-0.2, 0) is 0 Å². The molecule has 0 saturated carbocycles. The van der Waals surface area contributed by atoms with Gasteiger partial charge in [0.1, 0.15) is 16.1 Å². The van der Waals surface area contributed by atoms with E-state index in [9.17, 15) is 0 Å². The molecular weight excluding hydrogens is 265 g/mol. The minimum Gasteiger partial charge on any atom is -0.247 e. The molecule has 0 aliphatic carbocycles. The van der Waals surface area contributed by atoms with Crippen molar-refractivity contribution in [2.45, 2.75) is 13.8 Å². The molecule has 0 aromatic carbocycles. The summed E-state index contributed by atoms with van der Waals surface area (Å²) in [7, 11) is 0. The van der Waals surface area contributed by atoms with E-state index in [1.165, 1.54) is 6.33 Å². The van der Waals surface area contributed by atoms with Gasteiger partial charge in [0.25, 0.3) is 0 Å². The van der Waals surface area contributed by atoms with Crippen LogP contribution in [0.4, 0.5) is 0 Å². The van der Waals surface area contributed by atoms with Gasteiger partial charge in [0.15, 0.2) is 0 Å². The fourth-order valence-electron chi connectivity index (χ4n) is 0.902. The molecular formula is C9H9BrClN3. The predicted octanol–water partition coefficient (Wildman–Crippen LogP) is 3.47. The van der Waals surface area contributed by atoms with E-state index in [2.05, 4.69) is 30.9 Å². The fourth-order valence-corrected chi connectivity index (χ4v) is 1.43. The Hall–Kier alpha value is -0.740. The summed E-state index contributed by atoms with van der Waals surface area (Å²) in [4.78, 5) is 11.9. The van der Waals surface area contributed by atoms with Crippen molar-refractivity contribution in [2.75, 3.05) is 0 Å². The van der Waals surface area contributed by atoms with Gasteiger partial charge in [0, 0.05) is 5.39 Å². The first-order chi connectivity index (χ1) is 6.77. The quantitative estimate of drug-likeness (QED) is 0.545. The zero-order valence-electron chi connectivity index (χ0n) is 7.83. The Morgan fingerprint density at radius 1 is 1.21 bits per heavy atom. The number of hydrogen-bond donors (Lipinski definition) is 0. The first kappa shape index (κ1) is 11.3. The van der Waals surface area contributed by atoms with Crippen LogP contribution in [0.25, 0.3) is 10.9 Å². The maximum atomic E-state index is 5.83. The number of hydrogen-bond acceptors (Lipinski definition) is 3. The summed E-state index contributed by atoms with van der Waals surface area (Å²) in [6, 6.07) is 1.79. The van der Waals surface area contributed by atoms with Crippen LogP contribution in [-0.4, -0.2) is 15.0 Å². The van der Waals surface area contributed by atoms with E-state index in [0.29, 0.717) is 5.15 Å². The van der Waals surface area contributed by atoms with Gasteiger partial charge in [-0.3, -0.25) is 0 Å². The molecule has 0 radical (unpaired) electrons. The Kier molecular flexibility index (Phi) is 4.22. The van der Waals surface area contributed by atoms with Crippen LogP contribution >= 0.6 is 27.5 Å². The first-order valence-electron chi connectivity index (χ1n) is 4.19. The molecule has 0 atom stereocenters. The highest BCUT2D eigenvalue weighted by atomic mass is 79.9. The Labute approximate surface area is 95.7 Å². The van der Waals surface area contributed by atoms with Crippen molar-refractivity contribution in [3.8, 4) is 0 Å². The van der Waals surface area contributed by atoms with Gasteiger partial charge in [-0.1, -0.05) is 25.4 Å². The highest BCUT2D eigenvalue weighted by molar-refractivity contribution is 9.10. The van der Waals surface area contributed by atoms with Crippen molar-refractivity contribution in [3.63, 3.8) is 0 Å². The minimum absolute atomic E-state index is 0.447. The monoisotopic (exact) mass is 273 g/mol. The second-order valence-electron chi connectivity index (χ2n) is 2.19. The molecule has 0 bridgehead atoms. The molecule has 2 heterocycles. The van der Waals surface area contributed by atoms with E-state index in [-0.39, 0.29) is 0 Å². The zero-order valence-corrected chi connectivity index (χ0v) is 10.2. The maximum Gasteiger partial charge on any atom is 0.140 e. The van der Waals surface area contributed by atoms with Crippen molar-refractivity contribution in [2.24, 2.45) is 0 Å². The largest absolute Gasteiger partial charge is 0.247 e. The third kappa shape index (κ3) is 2.39. The van der Waals surface area contributed by atoms with Crippen LogP contribution in [0.5, 0.6) is 0 Å². The summed E-state index contributed by atoms with van der Waals surface area (Å²) in [6.45, 7) is 4.00. The summed E-state index contributed by atoms with van der Waals surface area (Å²) < 4.78 is 0.728. The van der Waals surface area contributed by atoms with Crippen LogP contribution in [0.3, 0.4) is 0 Å². The Morgan fingerprint density at radius 2 is 1.93 bits per heavy atom. The van der Waals surface area contributed by atoms with Crippen molar-refractivity contribution < 1.29 is 0 Å². The van der Waals surface area contributed by atoms with Crippen molar-refractivity contribution in [1.82, 2.24) is 15.0 Å². The highest BCUT2D eigenvalue weighted by Crippen LogP contribution is 2.20.